The van der Waals surface area contributed by atoms with Crippen molar-refractivity contribution in [3.63, 3.8) is 0 Å². The molecule has 1 fully saturated rings. The number of thiocarbonyl (C=S) groups is 1. The van der Waals surface area contributed by atoms with Gasteiger partial charge in [0.05, 0.1) is 5.69 Å². The number of nitrogens with zero attached hydrogens (tertiary/aromatic N) is 2. The predicted octanol–water partition coefficient (Wildman–Crippen LogP) is 2.06. The Hall–Kier alpha value is -1.05. The van der Waals surface area contributed by atoms with Crippen molar-refractivity contribution < 1.29 is 8.42 Å². The van der Waals surface area contributed by atoms with Gasteiger partial charge in [0.2, 0.25) is 10.0 Å². The van der Waals surface area contributed by atoms with Crippen LogP contribution in [0.25, 0.3) is 0 Å². The van der Waals surface area contributed by atoms with Crippen molar-refractivity contribution in [1.82, 2.24) is 9.29 Å². The summed E-state index contributed by atoms with van der Waals surface area (Å²) < 4.78 is 27.3. The van der Waals surface area contributed by atoms with Crippen LogP contribution in [-0.2, 0) is 10.0 Å². The van der Waals surface area contributed by atoms with Gasteiger partial charge in [-0.25, -0.2) is 8.42 Å². The van der Waals surface area contributed by atoms with Gasteiger partial charge in [0.1, 0.15) is 9.88 Å². The Morgan fingerprint density at radius 2 is 2.19 bits per heavy atom. The van der Waals surface area contributed by atoms with E-state index in [1.165, 1.54) is 12.3 Å². The van der Waals surface area contributed by atoms with Gasteiger partial charge in [-0.2, -0.15) is 4.31 Å². The number of rotatable bonds is 4. The van der Waals surface area contributed by atoms with E-state index in [1.807, 2.05) is 6.92 Å². The van der Waals surface area contributed by atoms with E-state index in [0.717, 1.165) is 32.1 Å². The molecule has 0 spiro atoms. The molecule has 1 saturated heterocycles. The summed E-state index contributed by atoms with van der Waals surface area (Å²) in [4.78, 5) is 4.42. The van der Waals surface area contributed by atoms with Crippen molar-refractivity contribution in [2.75, 3.05) is 6.54 Å². The lowest BCUT2D eigenvalue weighted by molar-refractivity contribution is 0.315. The molecule has 5 nitrogen and oxygen atoms in total. The first-order chi connectivity index (χ1) is 9.96. The maximum absolute atomic E-state index is 12.8. The van der Waals surface area contributed by atoms with Gasteiger partial charge in [0, 0.05) is 18.8 Å². The smallest absolute Gasteiger partial charge is 0.244 e. The zero-order valence-corrected chi connectivity index (χ0v) is 13.8. The Labute approximate surface area is 131 Å². The third kappa shape index (κ3) is 3.59. The van der Waals surface area contributed by atoms with Crippen LogP contribution in [0.4, 0.5) is 0 Å². The number of hydrogen-bond donors (Lipinski definition) is 1. The van der Waals surface area contributed by atoms with Gasteiger partial charge < -0.3 is 5.73 Å². The van der Waals surface area contributed by atoms with Crippen molar-refractivity contribution in [2.24, 2.45) is 5.73 Å². The second-order valence-corrected chi connectivity index (χ2v) is 7.60. The second-order valence-electron chi connectivity index (χ2n) is 5.27. The molecule has 116 valence electrons. The van der Waals surface area contributed by atoms with E-state index in [-0.39, 0.29) is 15.9 Å². The van der Waals surface area contributed by atoms with E-state index in [4.69, 9.17) is 18.0 Å². The zero-order valence-electron chi connectivity index (χ0n) is 12.2. The van der Waals surface area contributed by atoms with Crippen LogP contribution in [0.15, 0.2) is 23.2 Å². The van der Waals surface area contributed by atoms with Gasteiger partial charge in [-0.05, 0) is 31.4 Å². The molecule has 0 aromatic carbocycles. The summed E-state index contributed by atoms with van der Waals surface area (Å²) in [5.74, 6) is 0. The van der Waals surface area contributed by atoms with Crippen molar-refractivity contribution in [3.8, 4) is 0 Å². The summed E-state index contributed by atoms with van der Waals surface area (Å²) >= 11 is 4.83. The number of aromatic nitrogens is 1. The molecule has 21 heavy (non-hydrogen) atoms. The van der Waals surface area contributed by atoms with Crippen molar-refractivity contribution >= 4 is 27.2 Å². The van der Waals surface area contributed by atoms with Crippen LogP contribution in [0, 0.1) is 0 Å². The van der Waals surface area contributed by atoms with Gasteiger partial charge in [-0.1, -0.05) is 32.0 Å². The Bertz CT molecular complexity index is 599. The van der Waals surface area contributed by atoms with Crippen molar-refractivity contribution in [2.45, 2.75) is 50.0 Å². The monoisotopic (exact) mass is 327 g/mol. The molecule has 2 rings (SSSR count). The van der Waals surface area contributed by atoms with Crippen LogP contribution in [-0.4, -0.2) is 35.3 Å². The third-order valence-corrected chi connectivity index (χ3v) is 6.03. The molecule has 1 aliphatic heterocycles. The lowest BCUT2D eigenvalue weighted by atomic mass is 10.1. The molecular formula is C14H21N3O2S2. The average Bonchev–Trinajstić information content (AvgIpc) is 2.72. The molecule has 0 radical (unpaired) electrons. The van der Waals surface area contributed by atoms with Gasteiger partial charge in [0.15, 0.2) is 0 Å². The summed E-state index contributed by atoms with van der Waals surface area (Å²) in [6.45, 7) is 2.62. The molecule has 1 aromatic rings. The number of pyridine rings is 1. The third-order valence-electron chi connectivity index (χ3n) is 3.89. The fourth-order valence-corrected chi connectivity index (χ4v) is 4.52. The highest BCUT2D eigenvalue weighted by molar-refractivity contribution is 7.89. The maximum atomic E-state index is 12.8. The van der Waals surface area contributed by atoms with Gasteiger partial charge in [-0.3, -0.25) is 4.98 Å². The molecular weight excluding hydrogens is 306 g/mol. The normalized spacial score (nSPS) is 20.9. The summed E-state index contributed by atoms with van der Waals surface area (Å²) in [5, 5.41) is 0. The first kappa shape index (κ1) is 16.3. The SMILES string of the molecule is CCC1CCCCCN1S(=O)(=O)c1ccc(C(N)=S)nc1. The highest BCUT2D eigenvalue weighted by atomic mass is 32.2. The highest BCUT2D eigenvalue weighted by Crippen LogP contribution is 2.26. The Balaban J connectivity index is 2.32. The molecule has 0 bridgehead atoms. The number of sulfonamides is 1. The fourth-order valence-electron chi connectivity index (χ4n) is 2.69. The molecule has 2 heterocycles. The summed E-state index contributed by atoms with van der Waals surface area (Å²) in [7, 11) is -3.50. The minimum Gasteiger partial charge on any atom is -0.388 e. The molecule has 1 aromatic heterocycles. The van der Waals surface area contributed by atoms with E-state index in [1.54, 1.807) is 10.4 Å². The fraction of sp³-hybridized carbons (Fsp3) is 0.571. The van der Waals surface area contributed by atoms with E-state index < -0.39 is 10.0 Å². The largest absolute Gasteiger partial charge is 0.388 e. The average molecular weight is 327 g/mol. The van der Waals surface area contributed by atoms with Crippen molar-refractivity contribution in [3.05, 3.63) is 24.0 Å². The minimum atomic E-state index is -3.50. The predicted molar refractivity (Wildman–Crippen MR) is 86.6 cm³/mol. The first-order valence-corrected chi connectivity index (χ1v) is 9.09. The first-order valence-electron chi connectivity index (χ1n) is 7.24. The molecule has 1 aliphatic rings. The van der Waals surface area contributed by atoms with Crippen molar-refractivity contribution in [1.29, 1.82) is 0 Å². The molecule has 0 amide bonds. The van der Waals surface area contributed by atoms with Crippen LogP contribution in [0.2, 0.25) is 0 Å². The molecule has 0 saturated carbocycles. The van der Waals surface area contributed by atoms with Crippen LogP contribution >= 0.6 is 12.2 Å². The molecule has 0 aliphatic carbocycles. The molecule has 2 N–H and O–H groups in total. The summed E-state index contributed by atoms with van der Waals surface area (Å²) in [6, 6.07) is 3.18. The molecule has 1 unspecified atom stereocenters. The van der Waals surface area contributed by atoms with Crippen LogP contribution in [0.3, 0.4) is 0 Å². The summed E-state index contributed by atoms with van der Waals surface area (Å²) in [6.07, 6.45) is 6.19. The van der Waals surface area contributed by atoms with Gasteiger partial charge >= 0.3 is 0 Å². The lowest BCUT2D eigenvalue weighted by Crippen LogP contribution is -2.39. The van der Waals surface area contributed by atoms with Crippen LogP contribution in [0.5, 0.6) is 0 Å². The van der Waals surface area contributed by atoms with E-state index in [9.17, 15) is 8.42 Å². The van der Waals surface area contributed by atoms with Crippen LogP contribution < -0.4 is 5.73 Å². The minimum absolute atomic E-state index is 0.0766. The second kappa shape index (κ2) is 6.81. The highest BCUT2D eigenvalue weighted by Gasteiger charge is 2.31. The van der Waals surface area contributed by atoms with Gasteiger partial charge in [-0.15, -0.1) is 0 Å². The topological polar surface area (TPSA) is 76.3 Å². The van der Waals surface area contributed by atoms with Gasteiger partial charge in [0.25, 0.3) is 0 Å². The standard InChI is InChI=1S/C14H21N3O2S2/c1-2-11-6-4-3-5-9-17(11)21(18,19)12-7-8-13(14(15)20)16-10-12/h7-8,10-11H,2-6,9H2,1H3,(H2,15,20). The molecule has 7 heteroatoms. The molecule has 1 atom stereocenters. The van der Waals surface area contributed by atoms with E-state index >= 15 is 0 Å². The van der Waals surface area contributed by atoms with Crippen LogP contribution in [0.1, 0.15) is 44.7 Å². The summed E-state index contributed by atoms with van der Waals surface area (Å²) in [5.41, 5.74) is 5.93. The number of hydrogen-bond acceptors (Lipinski definition) is 4. The quantitative estimate of drug-likeness (QED) is 0.857. The Morgan fingerprint density at radius 3 is 2.76 bits per heavy atom. The maximum Gasteiger partial charge on any atom is 0.244 e. The lowest BCUT2D eigenvalue weighted by Gasteiger charge is -2.28. The van der Waals surface area contributed by atoms with E-state index in [2.05, 4.69) is 4.98 Å². The van der Waals surface area contributed by atoms with E-state index in [0.29, 0.717) is 12.2 Å². The number of nitrogens with two attached hydrogens (primary N) is 1. The Kier molecular flexibility index (Phi) is 5.29. The zero-order chi connectivity index (χ0) is 15.5. The Morgan fingerprint density at radius 1 is 1.43 bits per heavy atom.